The van der Waals surface area contributed by atoms with Crippen LogP contribution in [-0.2, 0) is 122 Å². The molecule has 143 heavy (non-hydrogen) atoms. The van der Waals surface area contributed by atoms with Crippen LogP contribution >= 0.6 is 14.5 Å². The molecule has 4 fully saturated rings. The first-order chi connectivity index (χ1) is 67.5. The normalized spacial score (nSPS) is 21.6. The molecule has 0 bridgehead atoms. The number of hydrogen-bond donors (Lipinski definition) is 16. The molecule has 10 amide bonds. The number of aromatic amines is 1. The number of urea groups is 1. The predicted molar refractivity (Wildman–Crippen MR) is 512 cm³/mol. The average Bonchev–Trinajstić information content (AvgIpc) is 1.61. The summed E-state index contributed by atoms with van der Waals surface area (Å²) in [6.45, 7) is 2.27. The van der Waals surface area contributed by atoms with E-state index in [4.69, 9.17) is 56.6 Å². The molecule has 4 aliphatic rings. The van der Waals surface area contributed by atoms with Crippen molar-refractivity contribution in [2.45, 2.75) is 230 Å². The second kappa shape index (κ2) is 55.1. The number of aliphatic hydroxyl groups excluding tert-OH is 1. The smallest absolute Gasteiger partial charge is 0.472 e. The van der Waals surface area contributed by atoms with Gasteiger partial charge in [-0.05, 0) is 147 Å². The van der Waals surface area contributed by atoms with Crippen molar-refractivity contribution in [3.63, 3.8) is 0 Å². The number of alkyl halides is 2. The van der Waals surface area contributed by atoms with Crippen molar-refractivity contribution in [1.29, 1.82) is 0 Å². The fourth-order valence-corrected chi connectivity index (χ4v) is 18.8. The first-order valence-corrected chi connectivity index (χ1v) is 50.4. The Kier molecular flexibility index (Phi) is 44.4. The summed E-state index contributed by atoms with van der Waals surface area (Å²) in [6.07, 6.45) is -6.85. The monoisotopic (exact) mass is 2210 g/mol. The summed E-state index contributed by atoms with van der Waals surface area (Å²) in [5.74, 6) is -8.04. The number of aryl methyl sites for hydroxylation is 1. The number of benzene rings is 4. The Balaban J connectivity index is 0.000000409. The number of halogens is 2. The maximum atomic E-state index is 16.8. The van der Waals surface area contributed by atoms with E-state index in [2.05, 4.69) is 57.2 Å². The zero-order chi connectivity index (χ0) is 103. The number of anilines is 1. The Morgan fingerprint density at radius 2 is 1.26 bits per heavy atom. The number of hydrogen-bond acceptors (Lipinski definition) is 29. The van der Waals surface area contributed by atoms with Gasteiger partial charge in [0, 0.05) is 126 Å². The number of phenolic OH excluding ortho intramolecular Hbond substituents is 2. The Hall–Kier alpha value is -11.3. The number of carbonyl (C=O) groups is 12. The van der Waals surface area contributed by atoms with E-state index in [0.29, 0.717) is 77.6 Å². The minimum Gasteiger partial charge on any atom is -0.508 e. The molecule has 7 aromatic rings. The number of ketones is 3. The van der Waals surface area contributed by atoms with E-state index in [1.807, 2.05) is 56.1 Å². The number of primary amides is 1. The van der Waals surface area contributed by atoms with Crippen LogP contribution in [-0.4, -0.2) is 242 Å². The maximum Gasteiger partial charge on any atom is 0.472 e. The maximum absolute atomic E-state index is 16.8. The molecule has 4 aromatic carbocycles. The van der Waals surface area contributed by atoms with Gasteiger partial charge < -0.3 is 103 Å². The number of aliphatic hydroxyl groups is 1. The number of Topliss-reactive ketones (excluding diaryl/α,β-unsaturated/α-hetero) is 3. The van der Waals surface area contributed by atoms with E-state index in [0.717, 1.165) is 17.8 Å². The van der Waals surface area contributed by atoms with Gasteiger partial charge in [-0.2, -0.15) is 0 Å². The van der Waals surface area contributed by atoms with E-state index < -0.39 is 196 Å². The van der Waals surface area contributed by atoms with Gasteiger partial charge in [0.1, 0.15) is 59.8 Å². The number of nitrogens with zero attached hydrogens (tertiary/aromatic N) is 7. The van der Waals surface area contributed by atoms with Crippen LogP contribution in [0.2, 0.25) is 0 Å². The van der Waals surface area contributed by atoms with Crippen LogP contribution in [0.1, 0.15) is 165 Å². The Labute approximate surface area is 855 Å². The number of aromatic hydroxyl groups is 2. The summed E-state index contributed by atoms with van der Waals surface area (Å²) in [4.78, 5) is 223. The van der Waals surface area contributed by atoms with Crippen molar-refractivity contribution in [3.8, 4) is 11.5 Å². The number of aromatic nitrogens is 6. The molecule has 18 atom stereocenters. The average molecular weight is 2210 g/mol. The van der Waals surface area contributed by atoms with Gasteiger partial charge in [0.2, 0.25) is 35.4 Å². The Morgan fingerprint density at radius 3 is 1.87 bits per heavy atom. The summed E-state index contributed by atoms with van der Waals surface area (Å²) < 4.78 is 81.2. The van der Waals surface area contributed by atoms with Gasteiger partial charge in [0.15, 0.2) is 59.7 Å². The molecule has 0 aliphatic carbocycles. The fourth-order valence-electron chi connectivity index (χ4n) is 16.4. The summed E-state index contributed by atoms with van der Waals surface area (Å²) in [6, 6.07) is 23.1. The molecular weight excluding hydrogens is 2090 g/mol. The number of carbonyl (C=O) groups excluding carboxylic acids is 12. The number of fused-ring (bicyclic) bond motifs is 3. The van der Waals surface area contributed by atoms with E-state index in [-0.39, 0.29) is 179 Å². The molecule has 0 spiro atoms. The zero-order valence-electron chi connectivity index (χ0n) is 79.0. The van der Waals surface area contributed by atoms with Crippen LogP contribution in [0.5, 0.6) is 11.5 Å². The van der Waals surface area contributed by atoms with Crippen molar-refractivity contribution in [2.75, 3.05) is 44.8 Å². The van der Waals surface area contributed by atoms with Crippen LogP contribution in [0.3, 0.4) is 0 Å². The summed E-state index contributed by atoms with van der Waals surface area (Å²) in [5, 5.41) is 49.3. The molecule has 0 saturated carbocycles. The molecule has 44 nitrogen and oxygen atoms in total. The second-order valence-corrected chi connectivity index (χ2v) is 39.5. The number of nitrogens with two attached hydrogens (primary N) is 3. The topological polar surface area (TPSA) is 655 Å². The van der Waals surface area contributed by atoms with Gasteiger partial charge in [-0.1, -0.05) is 107 Å². The van der Waals surface area contributed by atoms with Crippen molar-refractivity contribution < 1.29 is 160 Å². The number of rotatable bonds is 47. The van der Waals surface area contributed by atoms with E-state index >= 15 is 8.78 Å². The van der Waals surface area contributed by atoms with Crippen molar-refractivity contribution in [1.82, 2.24) is 65.9 Å². The molecule has 783 valence electrons. The van der Waals surface area contributed by atoms with Gasteiger partial charge in [0.25, 0.3) is 5.56 Å². The molecule has 3 aromatic heterocycles. The molecule has 3 unspecified atom stereocenters. The first-order valence-electron chi connectivity index (χ1n) is 46.4. The predicted octanol–water partition coefficient (Wildman–Crippen LogP) is 4.30. The number of unbranched alkanes of at least 4 members (excludes halogenated alkanes) is 2. The number of likely N-dealkylation sites (tertiary alicyclic amines) is 1. The van der Waals surface area contributed by atoms with Crippen molar-refractivity contribution in [3.05, 3.63) is 183 Å². The number of phosphoric ester groups is 1. The molecule has 4 aliphatic heterocycles. The minimum atomic E-state index is -5.29. The standard InChI is InChI=1S/C63H70F2N10O18P2S.C30H51N8O8.Tm/c1-34(2)25-46(71-58(81)40(26-37-11-18-42(77)19-12-37)29-48(79)44(69-35(3)76)22-15-36-7-5-4-6-8-36)60(83)72-47(28-39-13-20-43(78)21-14-39)59(82)70-41-16-9-38(10-17-41)27-45-54-57(67-32-66-45)75(33-68-54)62-52(64)55-50(91-62)31-89-95(87,96)93-56-49(30-88-94(85,86)92-55)90-61(53(56)65)74-24-23-51(80)73-63(74)84;1-3-8-22(40)27(19(2)13-15-35-30(33)46)37-28(45)20(18-39)17-23(41)21(9-7-14-34-29(31)32)36-24(42)10-5-4-6-16-38-25(43)11-12-26(38)44;/h4-14,16-21,23-24,32-34,40,44,46-47,49-50,52-53,55-56,61-62,77-78H,15,22,25-31H2,1-3H3,(H,69,76)(H,70,82)(H,71,81)(H,72,83)(H,85,86)(H,87,96)(H,73,80,84);11,19-21,27,39H,3-10,12-18H2,1-2H3,(H,36,42)(H,37,45)(H4,31,32,34)(H3,33,35,46);/q;-1;/t40-,44+,46+,47+,49-,50-,52-,53-,55-,56-,61-,62-,95?;19?,20-,21-,27-;/m10./s1. The molecule has 1 radical (unpaired) electrons. The number of imidazole rings is 1. The first kappa shape index (κ1) is 115. The number of imide groups is 1. The Bertz CT molecular complexity index is 5800. The third-order valence-electron chi connectivity index (χ3n) is 23.8. The minimum absolute atomic E-state index is 0. The quantitative estimate of drug-likeness (QED) is 0.00631. The van der Waals surface area contributed by atoms with Crippen LogP contribution in [0.4, 0.5) is 19.3 Å². The zero-order valence-corrected chi connectivity index (χ0v) is 83.4. The number of guanidine groups is 1. The second-order valence-electron chi connectivity index (χ2n) is 35.3. The van der Waals surface area contributed by atoms with E-state index in [1.54, 1.807) is 55.5 Å². The Morgan fingerprint density at radius 1 is 0.650 bits per heavy atom. The number of phosphoric acid groups is 1. The number of nitrogens with one attached hydrogen (secondary N) is 8. The number of aliphatic imine (C=N–C) groups is 1. The number of phenols is 2. The van der Waals surface area contributed by atoms with Gasteiger partial charge in [-0.3, -0.25) is 91.8 Å². The van der Waals surface area contributed by atoms with Gasteiger partial charge in [0.05, 0.1) is 61.8 Å². The fraction of sp³-hybridized carbons (Fsp3) is 0.495. The molecular formula is C93H121F2N18O26P2STm-. The van der Waals surface area contributed by atoms with Crippen LogP contribution in [0.25, 0.3) is 11.2 Å². The number of amides is 10. The molecule has 4 saturated heterocycles. The van der Waals surface area contributed by atoms with Gasteiger partial charge in [-0.25, -0.2) is 37.9 Å². The van der Waals surface area contributed by atoms with Crippen LogP contribution < -0.4 is 65.7 Å². The molecule has 50 heteroatoms. The third-order valence-corrected chi connectivity index (χ3v) is 26.4. The van der Waals surface area contributed by atoms with Crippen molar-refractivity contribution >= 4 is 120 Å². The summed E-state index contributed by atoms with van der Waals surface area (Å²) in [7, 11) is -5.29. The van der Waals surface area contributed by atoms with E-state index in [1.165, 1.54) is 59.7 Å². The summed E-state index contributed by atoms with van der Waals surface area (Å²) >= 11 is 5.18. The van der Waals surface area contributed by atoms with Crippen LogP contribution in [0, 0.1) is 67.0 Å². The molecule has 11 rings (SSSR count). The molecule has 7 heterocycles. The van der Waals surface area contributed by atoms with Crippen LogP contribution in [0.15, 0.2) is 143 Å². The van der Waals surface area contributed by atoms with Gasteiger partial charge in [-0.15, -0.1) is 0 Å². The van der Waals surface area contributed by atoms with Crippen molar-refractivity contribution in [2.24, 2.45) is 45.9 Å². The van der Waals surface area contributed by atoms with E-state index in [9.17, 15) is 96.8 Å². The number of ether oxygens (including phenoxy) is 2. The largest absolute Gasteiger partial charge is 0.508 e. The SMILES string of the molecule is CC(=O)N[C@@H](CCc1ccccc1)C(=O)C[C@@H](Cc1ccc(O)cc1)C(=O)N[C@@H](CC(C)C)C(=O)N[C@@H](Cc1ccc(O)cc1)C(=O)Nc1ccc(Cc2ncnc3c2ncn3[C@@H]2O[C@@H]3COP(O)(=S)O[C@H]4[C@@H](F)[C@H](n5ccc(=O)[nH]c5=O)O[C@@H]4COP(=O)(O)O[C@H]3[C@H]2F)cc1.CCCC(=O)[C@@H](NC(=O)[C@H](CO)CC(=O)[C@H](CCCN=C(N)N)NC(=O)CCCCCN1C(=O)[CH-]CC1=O)C(C)CCNC(N)=O.[Tm]. The molecule has 19 N–H and O–H groups in total. The number of H-pyrrole nitrogens is 1. The summed E-state index contributed by atoms with van der Waals surface area (Å²) in [5.41, 5.74) is 17.6. The van der Waals surface area contributed by atoms with Gasteiger partial charge >= 0.3 is 26.3 Å². The third kappa shape index (κ3) is 35.0.